The van der Waals surface area contributed by atoms with Gasteiger partial charge in [0, 0.05) is 11.0 Å². The van der Waals surface area contributed by atoms with E-state index in [-0.39, 0.29) is 18.6 Å². The van der Waals surface area contributed by atoms with Crippen LogP contribution >= 0.6 is 0 Å². The molecule has 0 radical (unpaired) electrons. The summed E-state index contributed by atoms with van der Waals surface area (Å²) in [4.78, 5) is 22.3. The highest BCUT2D eigenvalue weighted by atomic mass is 16.5. The molecule has 1 aromatic rings. The first-order valence-electron chi connectivity index (χ1n) is 7.73. The predicted molar refractivity (Wildman–Crippen MR) is 94.9 cm³/mol. The van der Waals surface area contributed by atoms with Crippen molar-refractivity contribution in [1.82, 2.24) is 5.32 Å². The molecule has 0 atom stereocenters. The molecule has 2 N–H and O–H groups in total. The van der Waals surface area contributed by atoms with Crippen LogP contribution in [0.15, 0.2) is 42.5 Å². The minimum absolute atomic E-state index is 0.00187. The Bertz CT molecular complexity index is 659. The Hall–Kier alpha value is -2.56. The molecule has 0 fully saturated rings. The topological polar surface area (TPSA) is 75.6 Å². The number of carbonyl (C=O) groups excluding carboxylic acids is 1. The summed E-state index contributed by atoms with van der Waals surface area (Å²) in [7, 11) is 0. The average molecular weight is 331 g/mol. The van der Waals surface area contributed by atoms with Gasteiger partial charge >= 0.3 is 12.1 Å². The van der Waals surface area contributed by atoms with E-state index in [1.807, 2.05) is 45.0 Å². The Kier molecular flexibility index (Phi) is 6.77. The fraction of sp³-hybridized carbons (Fsp3) is 0.368. The first kappa shape index (κ1) is 19.5. The summed E-state index contributed by atoms with van der Waals surface area (Å²) in [5.74, 6) is -0.452. The van der Waals surface area contributed by atoms with Gasteiger partial charge in [0.15, 0.2) is 0 Å². The standard InChI is InChI=1S/C19H25NO4/c1-13(2)15-7-6-8-16(11-15)19(4,5)12-14(3)17(21)24-10-9-20-18(22)23/h6-8,11-12,20H,1,9-10H2,2-5H3,(H,22,23). The summed E-state index contributed by atoms with van der Waals surface area (Å²) in [5.41, 5.74) is 3.25. The molecule has 0 spiro atoms. The van der Waals surface area contributed by atoms with E-state index in [9.17, 15) is 9.59 Å². The molecule has 1 amide bonds. The van der Waals surface area contributed by atoms with E-state index in [0.29, 0.717) is 5.57 Å². The third-order valence-corrected chi connectivity index (χ3v) is 3.61. The van der Waals surface area contributed by atoms with E-state index in [4.69, 9.17) is 9.84 Å². The zero-order valence-corrected chi connectivity index (χ0v) is 14.7. The van der Waals surface area contributed by atoms with Gasteiger partial charge in [0.05, 0.1) is 6.54 Å². The normalized spacial score (nSPS) is 11.8. The molecule has 1 aromatic carbocycles. The minimum atomic E-state index is -1.14. The van der Waals surface area contributed by atoms with Crippen molar-refractivity contribution < 1.29 is 19.4 Å². The van der Waals surface area contributed by atoms with Gasteiger partial charge in [0.2, 0.25) is 0 Å². The molecule has 0 aromatic heterocycles. The lowest BCUT2D eigenvalue weighted by atomic mass is 9.82. The number of carboxylic acid groups (broad SMARTS) is 1. The molecule has 0 aliphatic heterocycles. The number of carbonyl (C=O) groups is 2. The maximum absolute atomic E-state index is 12.0. The Morgan fingerprint density at radius 2 is 2.00 bits per heavy atom. The van der Waals surface area contributed by atoms with E-state index < -0.39 is 12.1 Å². The third kappa shape index (κ3) is 5.91. The fourth-order valence-corrected chi connectivity index (χ4v) is 2.28. The number of benzene rings is 1. The van der Waals surface area contributed by atoms with Crippen molar-refractivity contribution in [2.45, 2.75) is 33.1 Å². The lowest BCUT2D eigenvalue weighted by molar-refractivity contribution is -0.138. The number of hydrogen-bond acceptors (Lipinski definition) is 3. The lowest BCUT2D eigenvalue weighted by Crippen LogP contribution is -2.26. The number of rotatable bonds is 7. The van der Waals surface area contributed by atoms with Crippen LogP contribution in [0.5, 0.6) is 0 Å². The van der Waals surface area contributed by atoms with E-state index in [0.717, 1.165) is 16.7 Å². The summed E-state index contributed by atoms with van der Waals surface area (Å²) in [5, 5.41) is 10.6. The molecule has 130 valence electrons. The average Bonchev–Trinajstić information content (AvgIpc) is 2.50. The van der Waals surface area contributed by atoms with E-state index in [2.05, 4.69) is 18.0 Å². The van der Waals surface area contributed by atoms with Crippen LogP contribution in [0, 0.1) is 0 Å². The monoisotopic (exact) mass is 331 g/mol. The van der Waals surface area contributed by atoms with Crippen LogP contribution in [0.25, 0.3) is 5.57 Å². The van der Waals surface area contributed by atoms with Gasteiger partial charge in [0.1, 0.15) is 6.61 Å². The lowest BCUT2D eigenvalue weighted by Gasteiger charge is -2.23. The van der Waals surface area contributed by atoms with Gasteiger partial charge in [-0.3, -0.25) is 0 Å². The highest BCUT2D eigenvalue weighted by Gasteiger charge is 2.20. The molecule has 5 heteroatoms. The molecule has 24 heavy (non-hydrogen) atoms. The quantitative estimate of drug-likeness (QED) is 0.453. The van der Waals surface area contributed by atoms with Crippen molar-refractivity contribution in [1.29, 1.82) is 0 Å². The van der Waals surface area contributed by atoms with Gasteiger partial charge in [-0.25, -0.2) is 9.59 Å². The number of nitrogens with one attached hydrogen (secondary N) is 1. The van der Waals surface area contributed by atoms with E-state index in [1.54, 1.807) is 6.92 Å². The third-order valence-electron chi connectivity index (χ3n) is 3.61. The molecule has 0 aliphatic carbocycles. The smallest absolute Gasteiger partial charge is 0.404 e. The van der Waals surface area contributed by atoms with Crippen LogP contribution in [-0.2, 0) is 14.9 Å². The molecule has 1 rings (SSSR count). The van der Waals surface area contributed by atoms with Crippen LogP contribution in [0.3, 0.4) is 0 Å². The second kappa shape index (κ2) is 8.34. The highest BCUT2D eigenvalue weighted by Crippen LogP contribution is 2.28. The summed E-state index contributed by atoms with van der Waals surface area (Å²) in [6, 6.07) is 8.05. The second-order valence-electron chi connectivity index (χ2n) is 6.28. The number of amides is 1. The van der Waals surface area contributed by atoms with Crippen LogP contribution in [0.1, 0.15) is 38.8 Å². The molecule has 0 unspecified atom stereocenters. The van der Waals surface area contributed by atoms with Gasteiger partial charge in [-0.05, 0) is 25.0 Å². The Morgan fingerprint density at radius 3 is 2.58 bits per heavy atom. The first-order chi connectivity index (χ1) is 11.1. The molecule has 0 saturated carbocycles. The predicted octanol–water partition coefficient (Wildman–Crippen LogP) is 3.75. The van der Waals surface area contributed by atoms with Crippen molar-refractivity contribution in [2.24, 2.45) is 0 Å². The van der Waals surface area contributed by atoms with Crippen LogP contribution in [0.4, 0.5) is 4.79 Å². The van der Waals surface area contributed by atoms with Gasteiger partial charge in [-0.2, -0.15) is 0 Å². The number of allylic oxidation sites excluding steroid dienone is 2. The molecule has 0 bridgehead atoms. The number of hydrogen-bond donors (Lipinski definition) is 2. The van der Waals surface area contributed by atoms with E-state index in [1.165, 1.54) is 0 Å². The summed E-state index contributed by atoms with van der Waals surface area (Å²) in [6.45, 7) is 11.7. The van der Waals surface area contributed by atoms with Gasteiger partial charge in [-0.15, -0.1) is 0 Å². The van der Waals surface area contributed by atoms with Crippen molar-refractivity contribution in [3.8, 4) is 0 Å². The van der Waals surface area contributed by atoms with Gasteiger partial charge < -0.3 is 15.2 Å². The van der Waals surface area contributed by atoms with Crippen LogP contribution in [0.2, 0.25) is 0 Å². The molecule has 0 heterocycles. The van der Waals surface area contributed by atoms with Gasteiger partial charge in [0.25, 0.3) is 0 Å². The first-order valence-corrected chi connectivity index (χ1v) is 7.73. The Morgan fingerprint density at radius 1 is 1.33 bits per heavy atom. The molecule has 0 aliphatic rings. The molecular formula is C19H25NO4. The van der Waals surface area contributed by atoms with Crippen molar-refractivity contribution >= 4 is 17.6 Å². The van der Waals surface area contributed by atoms with Crippen LogP contribution < -0.4 is 5.32 Å². The fourth-order valence-electron chi connectivity index (χ4n) is 2.28. The molecular weight excluding hydrogens is 306 g/mol. The maximum Gasteiger partial charge on any atom is 0.404 e. The minimum Gasteiger partial charge on any atom is -0.465 e. The van der Waals surface area contributed by atoms with E-state index >= 15 is 0 Å². The molecule has 5 nitrogen and oxygen atoms in total. The largest absolute Gasteiger partial charge is 0.465 e. The maximum atomic E-state index is 12.0. The molecule has 0 saturated heterocycles. The second-order valence-corrected chi connectivity index (χ2v) is 6.28. The highest BCUT2D eigenvalue weighted by molar-refractivity contribution is 5.88. The van der Waals surface area contributed by atoms with Crippen molar-refractivity contribution in [3.63, 3.8) is 0 Å². The zero-order chi connectivity index (χ0) is 18.3. The van der Waals surface area contributed by atoms with Gasteiger partial charge in [-0.1, -0.05) is 56.3 Å². The van der Waals surface area contributed by atoms with Crippen LogP contribution in [-0.4, -0.2) is 30.3 Å². The summed E-state index contributed by atoms with van der Waals surface area (Å²) >= 11 is 0. The summed E-state index contributed by atoms with van der Waals surface area (Å²) < 4.78 is 5.05. The Balaban J connectivity index is 2.80. The zero-order valence-electron chi connectivity index (χ0n) is 14.7. The number of ether oxygens (including phenoxy) is 1. The number of esters is 1. The Labute approximate surface area is 143 Å². The van der Waals surface area contributed by atoms with Crippen molar-refractivity contribution in [3.05, 3.63) is 53.6 Å². The SMILES string of the molecule is C=C(C)c1cccc(C(C)(C)C=C(C)C(=O)OCCNC(=O)O)c1. The van der Waals surface area contributed by atoms with Crippen molar-refractivity contribution in [2.75, 3.05) is 13.2 Å². The summed E-state index contributed by atoms with van der Waals surface area (Å²) in [6.07, 6.45) is 0.717.